The lowest BCUT2D eigenvalue weighted by molar-refractivity contribution is 0.0768. The van der Waals surface area contributed by atoms with Gasteiger partial charge in [0.15, 0.2) is 0 Å². The Balaban J connectivity index is 2.18. The van der Waals surface area contributed by atoms with Crippen LogP contribution in [0.25, 0.3) is 0 Å². The molecule has 0 spiro atoms. The van der Waals surface area contributed by atoms with Crippen LogP contribution in [0.15, 0.2) is 24.3 Å². The van der Waals surface area contributed by atoms with E-state index in [1.54, 1.807) is 0 Å². The smallest absolute Gasteiger partial charge is 0.0833 e. The molecule has 2 heteroatoms. The van der Waals surface area contributed by atoms with Crippen LogP contribution in [0.5, 0.6) is 0 Å². The Hall–Kier alpha value is -0.860. The minimum atomic E-state index is -0.280. The zero-order chi connectivity index (χ0) is 10.8. The van der Waals surface area contributed by atoms with E-state index in [0.29, 0.717) is 5.92 Å². The van der Waals surface area contributed by atoms with Crippen molar-refractivity contribution in [2.75, 3.05) is 20.6 Å². The molecule has 0 saturated heterocycles. The molecule has 0 fully saturated rings. The van der Waals surface area contributed by atoms with Gasteiger partial charge in [-0.3, -0.25) is 0 Å². The lowest BCUT2D eigenvalue weighted by atomic mass is 9.81. The van der Waals surface area contributed by atoms with Gasteiger partial charge in [0.25, 0.3) is 0 Å². The quantitative estimate of drug-likeness (QED) is 0.796. The van der Waals surface area contributed by atoms with Crippen molar-refractivity contribution in [1.82, 2.24) is 4.90 Å². The van der Waals surface area contributed by atoms with Gasteiger partial charge < -0.3 is 10.0 Å². The number of rotatable bonds is 2. The minimum absolute atomic E-state index is 0.280. The zero-order valence-electron chi connectivity index (χ0n) is 9.48. The van der Waals surface area contributed by atoms with Crippen molar-refractivity contribution in [2.24, 2.45) is 5.92 Å². The Morgan fingerprint density at radius 3 is 2.80 bits per heavy atom. The fourth-order valence-corrected chi connectivity index (χ4v) is 2.46. The van der Waals surface area contributed by atoms with Gasteiger partial charge in [0, 0.05) is 12.5 Å². The SMILES string of the molecule is CN(C)C[C@H]1CCc2ccccc2[C@H]1O. The van der Waals surface area contributed by atoms with Gasteiger partial charge >= 0.3 is 0 Å². The summed E-state index contributed by atoms with van der Waals surface area (Å²) in [6.07, 6.45) is 1.92. The molecule has 2 rings (SSSR count). The van der Waals surface area contributed by atoms with Gasteiger partial charge in [0.1, 0.15) is 0 Å². The van der Waals surface area contributed by atoms with Crippen molar-refractivity contribution in [1.29, 1.82) is 0 Å². The van der Waals surface area contributed by atoms with Crippen molar-refractivity contribution in [3.63, 3.8) is 0 Å². The number of fused-ring (bicyclic) bond motifs is 1. The van der Waals surface area contributed by atoms with Crippen LogP contribution in [0, 0.1) is 5.92 Å². The molecule has 0 saturated carbocycles. The Morgan fingerprint density at radius 1 is 1.33 bits per heavy atom. The Bertz CT molecular complexity index is 335. The highest BCUT2D eigenvalue weighted by atomic mass is 16.3. The molecule has 0 radical (unpaired) electrons. The first-order valence-corrected chi connectivity index (χ1v) is 5.59. The molecule has 1 aliphatic carbocycles. The third kappa shape index (κ3) is 2.21. The summed E-state index contributed by atoms with van der Waals surface area (Å²) in [6, 6.07) is 8.25. The van der Waals surface area contributed by atoms with Crippen LogP contribution in [0.1, 0.15) is 23.7 Å². The van der Waals surface area contributed by atoms with Crippen LogP contribution in [0.3, 0.4) is 0 Å². The second kappa shape index (κ2) is 4.33. The van der Waals surface area contributed by atoms with Gasteiger partial charge in [-0.25, -0.2) is 0 Å². The summed E-state index contributed by atoms with van der Waals surface area (Å²) in [7, 11) is 4.13. The Labute approximate surface area is 91.5 Å². The molecule has 15 heavy (non-hydrogen) atoms. The summed E-state index contributed by atoms with van der Waals surface area (Å²) in [5, 5.41) is 10.2. The van der Waals surface area contributed by atoms with Gasteiger partial charge in [-0.15, -0.1) is 0 Å². The maximum Gasteiger partial charge on any atom is 0.0833 e. The molecule has 0 bridgehead atoms. The maximum atomic E-state index is 10.2. The van der Waals surface area contributed by atoms with Crippen LogP contribution in [0.4, 0.5) is 0 Å². The molecule has 0 heterocycles. The van der Waals surface area contributed by atoms with E-state index in [9.17, 15) is 5.11 Å². The standard InChI is InChI=1S/C13H19NO/c1-14(2)9-11-8-7-10-5-3-4-6-12(10)13(11)15/h3-6,11,13,15H,7-9H2,1-2H3/t11-,13+/m1/s1. The van der Waals surface area contributed by atoms with Crippen LogP contribution in [-0.2, 0) is 6.42 Å². The largest absolute Gasteiger partial charge is 0.388 e. The fraction of sp³-hybridized carbons (Fsp3) is 0.538. The molecule has 1 aromatic rings. The minimum Gasteiger partial charge on any atom is -0.388 e. The monoisotopic (exact) mass is 205 g/mol. The van der Waals surface area contributed by atoms with Gasteiger partial charge in [-0.1, -0.05) is 24.3 Å². The normalized spacial score (nSPS) is 25.3. The van der Waals surface area contributed by atoms with Crippen LogP contribution in [0.2, 0.25) is 0 Å². The second-order valence-electron chi connectivity index (χ2n) is 4.70. The molecule has 1 N–H and O–H groups in total. The summed E-state index contributed by atoms with van der Waals surface area (Å²) in [6.45, 7) is 0.968. The second-order valence-corrected chi connectivity index (χ2v) is 4.70. The number of aryl methyl sites for hydroxylation is 1. The molecule has 1 aliphatic rings. The first-order valence-electron chi connectivity index (χ1n) is 5.59. The third-order valence-corrected chi connectivity index (χ3v) is 3.20. The molecule has 1 aromatic carbocycles. The lowest BCUT2D eigenvalue weighted by Gasteiger charge is -2.31. The highest BCUT2D eigenvalue weighted by Gasteiger charge is 2.27. The highest BCUT2D eigenvalue weighted by molar-refractivity contribution is 5.31. The average Bonchev–Trinajstić information content (AvgIpc) is 2.22. The van der Waals surface area contributed by atoms with E-state index in [2.05, 4.69) is 37.2 Å². The highest BCUT2D eigenvalue weighted by Crippen LogP contribution is 2.34. The van der Waals surface area contributed by atoms with Crippen molar-refractivity contribution in [3.8, 4) is 0 Å². The molecule has 0 aliphatic heterocycles. The van der Waals surface area contributed by atoms with E-state index < -0.39 is 0 Å². The molecule has 0 amide bonds. The molecule has 2 nitrogen and oxygen atoms in total. The van der Waals surface area contributed by atoms with Crippen LogP contribution in [-0.4, -0.2) is 30.6 Å². The summed E-state index contributed by atoms with van der Waals surface area (Å²) < 4.78 is 0. The summed E-state index contributed by atoms with van der Waals surface area (Å²) >= 11 is 0. The molecular weight excluding hydrogens is 186 g/mol. The van der Waals surface area contributed by atoms with Gasteiger partial charge in [-0.2, -0.15) is 0 Å². The van der Waals surface area contributed by atoms with Crippen molar-refractivity contribution in [3.05, 3.63) is 35.4 Å². The number of benzene rings is 1. The number of aliphatic hydroxyl groups is 1. The van der Waals surface area contributed by atoms with Gasteiger partial charge in [0.05, 0.1) is 6.10 Å². The van der Waals surface area contributed by atoms with E-state index in [1.807, 2.05) is 6.07 Å². The number of aliphatic hydroxyl groups excluding tert-OH is 1. The van der Waals surface area contributed by atoms with Crippen LogP contribution >= 0.6 is 0 Å². The van der Waals surface area contributed by atoms with Crippen molar-refractivity contribution < 1.29 is 5.11 Å². The van der Waals surface area contributed by atoms with E-state index >= 15 is 0 Å². The Kier molecular flexibility index (Phi) is 3.08. The van der Waals surface area contributed by atoms with Gasteiger partial charge in [-0.05, 0) is 38.1 Å². The first kappa shape index (κ1) is 10.7. The molecule has 0 aromatic heterocycles. The van der Waals surface area contributed by atoms with Gasteiger partial charge in [0.2, 0.25) is 0 Å². The van der Waals surface area contributed by atoms with E-state index in [0.717, 1.165) is 24.9 Å². The first-order chi connectivity index (χ1) is 7.18. The Morgan fingerprint density at radius 2 is 2.07 bits per heavy atom. The van der Waals surface area contributed by atoms with E-state index in [-0.39, 0.29) is 6.10 Å². The summed E-state index contributed by atoms with van der Waals surface area (Å²) in [5.74, 6) is 0.384. The number of hydrogen-bond donors (Lipinski definition) is 1. The number of hydrogen-bond acceptors (Lipinski definition) is 2. The number of nitrogens with zero attached hydrogens (tertiary/aromatic N) is 1. The molecular formula is C13H19NO. The van der Waals surface area contributed by atoms with Crippen LogP contribution < -0.4 is 0 Å². The lowest BCUT2D eigenvalue weighted by Crippen LogP contribution is -2.30. The van der Waals surface area contributed by atoms with E-state index in [1.165, 1.54) is 5.56 Å². The third-order valence-electron chi connectivity index (χ3n) is 3.20. The fourth-order valence-electron chi connectivity index (χ4n) is 2.46. The predicted molar refractivity (Wildman–Crippen MR) is 61.8 cm³/mol. The molecule has 0 unspecified atom stereocenters. The maximum absolute atomic E-state index is 10.2. The van der Waals surface area contributed by atoms with Crippen molar-refractivity contribution in [2.45, 2.75) is 18.9 Å². The average molecular weight is 205 g/mol. The predicted octanol–water partition coefficient (Wildman–Crippen LogP) is 1.84. The summed E-state index contributed by atoms with van der Waals surface area (Å²) in [4.78, 5) is 2.15. The topological polar surface area (TPSA) is 23.5 Å². The van der Waals surface area contributed by atoms with Crippen molar-refractivity contribution >= 4 is 0 Å². The zero-order valence-corrected chi connectivity index (χ0v) is 9.48. The van der Waals surface area contributed by atoms with E-state index in [4.69, 9.17) is 0 Å². The molecule has 2 atom stereocenters. The molecule has 82 valence electrons. The summed E-state index contributed by atoms with van der Waals surface area (Å²) in [5.41, 5.74) is 2.45.